The molecule has 1 atom stereocenters. The molecule has 0 bridgehead atoms. The molecule has 1 saturated heterocycles. The van der Waals surface area contributed by atoms with Crippen LogP contribution in [0.3, 0.4) is 0 Å². The van der Waals surface area contributed by atoms with E-state index < -0.39 is 15.4 Å². The van der Waals surface area contributed by atoms with E-state index in [1.165, 1.54) is 0 Å². The van der Waals surface area contributed by atoms with Crippen LogP contribution in [0, 0.1) is 11.3 Å². The van der Waals surface area contributed by atoms with E-state index in [4.69, 9.17) is 15.7 Å². The number of nitriles is 1. The van der Waals surface area contributed by atoms with E-state index in [0.717, 1.165) is 17.6 Å². The van der Waals surface area contributed by atoms with Gasteiger partial charge in [0.25, 0.3) is 0 Å². The number of morpholine rings is 1. The lowest BCUT2D eigenvalue weighted by molar-refractivity contribution is -0.0749. The average molecular weight is 329 g/mol. The fraction of sp³-hybridized carbons (Fsp3) is 0.615. The van der Waals surface area contributed by atoms with Gasteiger partial charge in [-0.2, -0.15) is 5.26 Å². The molecule has 6 nitrogen and oxygen atoms in total. The number of ether oxygens (including phenoxy) is 1. The Labute approximate surface area is 129 Å². The molecule has 0 amide bonds. The SMILES string of the molecule is CC1CN(c2sc(C#N)c(N)c2S(C)(=O)=O)CC(C)(C)O1. The molecule has 21 heavy (non-hydrogen) atoms. The minimum atomic E-state index is -3.51. The molecule has 1 fully saturated rings. The third-order valence-corrected chi connectivity index (χ3v) is 5.67. The maximum atomic E-state index is 12.0. The van der Waals surface area contributed by atoms with Crippen LogP contribution in [0.4, 0.5) is 10.7 Å². The molecular weight excluding hydrogens is 310 g/mol. The molecule has 1 aliphatic rings. The largest absolute Gasteiger partial charge is 0.396 e. The van der Waals surface area contributed by atoms with E-state index in [2.05, 4.69) is 0 Å². The Morgan fingerprint density at radius 2 is 2.14 bits per heavy atom. The molecule has 116 valence electrons. The minimum Gasteiger partial charge on any atom is -0.396 e. The summed E-state index contributed by atoms with van der Waals surface area (Å²) in [7, 11) is -3.51. The van der Waals surface area contributed by atoms with Crippen molar-refractivity contribution in [1.29, 1.82) is 5.26 Å². The van der Waals surface area contributed by atoms with Crippen LogP contribution >= 0.6 is 11.3 Å². The van der Waals surface area contributed by atoms with Gasteiger partial charge in [-0.3, -0.25) is 0 Å². The van der Waals surface area contributed by atoms with E-state index in [1.54, 1.807) is 0 Å². The number of nitrogens with zero attached hydrogens (tertiary/aromatic N) is 2. The molecule has 0 aromatic carbocycles. The quantitative estimate of drug-likeness (QED) is 0.885. The van der Waals surface area contributed by atoms with Gasteiger partial charge in [-0.25, -0.2) is 8.42 Å². The molecule has 8 heteroatoms. The zero-order chi connectivity index (χ0) is 16.0. The van der Waals surface area contributed by atoms with Gasteiger partial charge < -0.3 is 15.4 Å². The third-order valence-electron chi connectivity index (χ3n) is 3.21. The summed E-state index contributed by atoms with van der Waals surface area (Å²) in [5, 5.41) is 9.65. The number of rotatable bonds is 2. The van der Waals surface area contributed by atoms with Crippen LogP contribution < -0.4 is 10.6 Å². The molecule has 0 aliphatic carbocycles. The van der Waals surface area contributed by atoms with Gasteiger partial charge in [0.2, 0.25) is 0 Å². The monoisotopic (exact) mass is 329 g/mol. The van der Waals surface area contributed by atoms with E-state index in [1.807, 2.05) is 31.7 Å². The number of nitrogens with two attached hydrogens (primary N) is 1. The number of sulfone groups is 1. The van der Waals surface area contributed by atoms with Crippen LogP contribution in [0.2, 0.25) is 0 Å². The number of thiophene rings is 1. The predicted molar refractivity (Wildman–Crippen MR) is 83.4 cm³/mol. The Morgan fingerprint density at radius 3 is 2.62 bits per heavy atom. The summed E-state index contributed by atoms with van der Waals surface area (Å²) in [4.78, 5) is 2.25. The first-order valence-electron chi connectivity index (χ1n) is 6.50. The van der Waals surface area contributed by atoms with E-state index >= 15 is 0 Å². The second kappa shape index (κ2) is 5.16. The first-order chi connectivity index (χ1) is 9.55. The average Bonchev–Trinajstić information content (AvgIpc) is 2.63. The lowest BCUT2D eigenvalue weighted by atomic mass is 10.1. The summed E-state index contributed by atoms with van der Waals surface area (Å²) in [6.45, 7) is 6.97. The summed E-state index contributed by atoms with van der Waals surface area (Å²) < 4.78 is 29.9. The van der Waals surface area contributed by atoms with Crippen molar-refractivity contribution in [3.8, 4) is 6.07 Å². The van der Waals surface area contributed by atoms with Crippen molar-refractivity contribution in [3.63, 3.8) is 0 Å². The van der Waals surface area contributed by atoms with Crippen LogP contribution in [-0.4, -0.2) is 39.5 Å². The van der Waals surface area contributed by atoms with Crippen molar-refractivity contribution in [2.75, 3.05) is 30.0 Å². The lowest BCUT2D eigenvalue weighted by Crippen LogP contribution is -2.52. The van der Waals surface area contributed by atoms with Crippen molar-refractivity contribution in [3.05, 3.63) is 4.88 Å². The molecule has 0 radical (unpaired) electrons. The standard InChI is InChI=1S/C13H19N3O3S2/c1-8-6-16(7-13(2,3)19-8)12-11(21(4,17)18)10(15)9(5-14)20-12/h8H,6-7,15H2,1-4H3. The summed E-state index contributed by atoms with van der Waals surface area (Å²) in [6, 6.07) is 1.97. The first kappa shape index (κ1) is 16.1. The molecule has 0 saturated carbocycles. The highest BCUT2D eigenvalue weighted by atomic mass is 32.2. The number of hydrogen-bond acceptors (Lipinski definition) is 7. The van der Waals surface area contributed by atoms with Gasteiger partial charge in [-0.05, 0) is 20.8 Å². The second-order valence-corrected chi connectivity index (χ2v) is 8.88. The smallest absolute Gasteiger partial charge is 0.180 e. The Morgan fingerprint density at radius 1 is 1.52 bits per heavy atom. The van der Waals surface area contributed by atoms with Gasteiger partial charge in [-0.1, -0.05) is 0 Å². The summed E-state index contributed by atoms with van der Waals surface area (Å²) in [5.41, 5.74) is 5.52. The van der Waals surface area contributed by atoms with Gasteiger partial charge >= 0.3 is 0 Å². The summed E-state index contributed by atoms with van der Waals surface area (Å²) >= 11 is 1.13. The van der Waals surface area contributed by atoms with Crippen LogP contribution in [-0.2, 0) is 14.6 Å². The van der Waals surface area contributed by atoms with Crippen molar-refractivity contribution in [2.45, 2.75) is 37.4 Å². The zero-order valence-corrected chi connectivity index (χ0v) is 14.1. The summed E-state index contributed by atoms with van der Waals surface area (Å²) in [6.07, 6.45) is 1.08. The van der Waals surface area contributed by atoms with E-state index in [0.29, 0.717) is 18.1 Å². The van der Waals surface area contributed by atoms with Crippen molar-refractivity contribution in [2.24, 2.45) is 0 Å². The van der Waals surface area contributed by atoms with Crippen molar-refractivity contribution >= 4 is 31.9 Å². The highest BCUT2D eigenvalue weighted by Crippen LogP contribution is 2.42. The van der Waals surface area contributed by atoms with Crippen molar-refractivity contribution in [1.82, 2.24) is 0 Å². The fourth-order valence-corrected chi connectivity index (χ4v) is 5.19. The third kappa shape index (κ3) is 3.15. The van der Waals surface area contributed by atoms with Crippen LogP contribution in [0.5, 0.6) is 0 Å². The molecule has 2 N–H and O–H groups in total. The van der Waals surface area contributed by atoms with Gasteiger partial charge in [0.15, 0.2) is 9.84 Å². The van der Waals surface area contributed by atoms with Crippen molar-refractivity contribution < 1.29 is 13.2 Å². The van der Waals surface area contributed by atoms with Gasteiger partial charge in [0.05, 0.1) is 17.4 Å². The molecule has 1 unspecified atom stereocenters. The van der Waals surface area contributed by atoms with E-state index in [9.17, 15) is 8.42 Å². The normalized spacial score (nSPS) is 22.0. The Hall–Kier alpha value is -1.30. The minimum absolute atomic E-state index is 0.0324. The highest BCUT2D eigenvalue weighted by molar-refractivity contribution is 7.91. The molecule has 1 aliphatic heterocycles. The zero-order valence-electron chi connectivity index (χ0n) is 12.5. The van der Waals surface area contributed by atoms with Gasteiger partial charge in [0.1, 0.15) is 20.8 Å². The number of nitrogen functional groups attached to an aromatic ring is 1. The molecular formula is C13H19N3O3S2. The van der Waals surface area contributed by atoms with Gasteiger partial charge in [-0.15, -0.1) is 11.3 Å². The predicted octanol–water partition coefficient (Wildman–Crippen LogP) is 1.61. The fourth-order valence-electron chi connectivity index (χ4n) is 2.67. The topological polar surface area (TPSA) is 96.4 Å². The second-order valence-electron chi connectivity index (χ2n) is 5.93. The maximum absolute atomic E-state index is 12.0. The molecule has 0 spiro atoms. The maximum Gasteiger partial charge on any atom is 0.180 e. The number of anilines is 2. The summed E-state index contributed by atoms with van der Waals surface area (Å²) in [5.74, 6) is 0. The molecule has 1 aromatic rings. The molecule has 2 rings (SSSR count). The Bertz CT molecular complexity index is 701. The molecule has 2 heterocycles. The molecule has 1 aromatic heterocycles. The highest BCUT2D eigenvalue weighted by Gasteiger charge is 2.35. The van der Waals surface area contributed by atoms with E-state index in [-0.39, 0.29) is 21.6 Å². The lowest BCUT2D eigenvalue weighted by Gasteiger charge is -2.42. The number of hydrogen-bond donors (Lipinski definition) is 1. The Balaban J connectivity index is 2.57. The van der Waals surface area contributed by atoms with Gasteiger partial charge in [0, 0.05) is 19.3 Å². The Kier molecular flexibility index (Phi) is 3.95. The van der Waals surface area contributed by atoms with Crippen LogP contribution in [0.25, 0.3) is 0 Å². The first-order valence-corrected chi connectivity index (χ1v) is 9.21. The van der Waals surface area contributed by atoms with Crippen LogP contribution in [0.15, 0.2) is 4.90 Å². The van der Waals surface area contributed by atoms with Crippen LogP contribution in [0.1, 0.15) is 25.6 Å².